The summed E-state index contributed by atoms with van der Waals surface area (Å²) in [5.41, 5.74) is 5.22. The van der Waals surface area contributed by atoms with Crippen LogP contribution in [0.25, 0.3) is 11.0 Å². The minimum Gasteiger partial charge on any atom is -0.493 e. The van der Waals surface area contributed by atoms with E-state index in [0.29, 0.717) is 37.6 Å². The van der Waals surface area contributed by atoms with Crippen LogP contribution < -0.4 is 14.4 Å². The first kappa shape index (κ1) is 23.7. The molecule has 1 aromatic heterocycles. The lowest BCUT2D eigenvalue weighted by atomic mass is 10.1. The first-order chi connectivity index (χ1) is 17.6. The Bertz CT molecular complexity index is 1390. The van der Waals surface area contributed by atoms with Gasteiger partial charge in [-0.05, 0) is 55.3 Å². The standard InChI is InChI=1S/C30H31N3O3/c1-4-7-22-12-15-27(28(18-22)35-3)36-17-16-32-26-9-6-5-8-25(26)31-30(32)23-19-29(34)33(20-23)24-13-10-21(2)11-14-24/h4-6,8-15,18,23H,1,7,16-17,19-20H2,2-3H3. The maximum absolute atomic E-state index is 13.0. The second kappa shape index (κ2) is 10.3. The minimum absolute atomic E-state index is 0.0129. The number of carbonyl (C=O) groups is 1. The monoisotopic (exact) mass is 481 g/mol. The van der Waals surface area contributed by atoms with Crippen LogP contribution in [0.2, 0.25) is 0 Å². The topological polar surface area (TPSA) is 56.6 Å². The molecule has 6 heteroatoms. The largest absolute Gasteiger partial charge is 0.493 e. The highest BCUT2D eigenvalue weighted by Gasteiger charge is 2.34. The lowest BCUT2D eigenvalue weighted by Crippen LogP contribution is -2.24. The molecule has 4 aromatic rings. The number of hydrogen-bond donors (Lipinski definition) is 0. The number of carbonyl (C=O) groups excluding carboxylic acids is 1. The van der Waals surface area contributed by atoms with Crippen molar-refractivity contribution in [2.45, 2.75) is 32.2 Å². The Labute approximate surface area is 211 Å². The van der Waals surface area contributed by atoms with Crippen molar-refractivity contribution >= 4 is 22.6 Å². The third kappa shape index (κ3) is 4.71. The predicted octanol–water partition coefficient (Wildman–Crippen LogP) is 5.68. The molecule has 2 heterocycles. The number of aromatic nitrogens is 2. The fraction of sp³-hybridized carbons (Fsp3) is 0.267. The lowest BCUT2D eigenvalue weighted by molar-refractivity contribution is -0.117. The fourth-order valence-electron chi connectivity index (χ4n) is 4.87. The quantitative estimate of drug-likeness (QED) is 0.289. The molecule has 0 aliphatic carbocycles. The summed E-state index contributed by atoms with van der Waals surface area (Å²) in [6.45, 7) is 7.53. The van der Waals surface area contributed by atoms with Crippen LogP contribution in [-0.4, -0.2) is 35.7 Å². The first-order valence-corrected chi connectivity index (χ1v) is 12.3. The maximum Gasteiger partial charge on any atom is 0.227 e. The number of rotatable bonds is 9. The molecule has 1 unspecified atom stereocenters. The van der Waals surface area contributed by atoms with E-state index < -0.39 is 0 Å². The molecule has 1 atom stereocenters. The Balaban J connectivity index is 1.37. The molecule has 1 amide bonds. The van der Waals surface area contributed by atoms with Crippen molar-refractivity contribution < 1.29 is 14.3 Å². The highest BCUT2D eigenvalue weighted by Crippen LogP contribution is 2.34. The van der Waals surface area contributed by atoms with Crippen molar-refractivity contribution in [3.63, 3.8) is 0 Å². The minimum atomic E-state index is 0.0129. The molecule has 0 saturated carbocycles. The lowest BCUT2D eigenvalue weighted by Gasteiger charge is -2.18. The first-order valence-electron chi connectivity index (χ1n) is 12.3. The van der Waals surface area contributed by atoms with E-state index >= 15 is 0 Å². The third-order valence-electron chi connectivity index (χ3n) is 6.70. The molecule has 0 spiro atoms. The van der Waals surface area contributed by atoms with Crippen LogP contribution >= 0.6 is 0 Å². The molecule has 3 aromatic carbocycles. The van der Waals surface area contributed by atoms with Gasteiger partial charge in [0, 0.05) is 24.6 Å². The van der Waals surface area contributed by atoms with Gasteiger partial charge in [0.2, 0.25) is 5.91 Å². The number of nitrogens with zero attached hydrogens (tertiary/aromatic N) is 3. The molecule has 36 heavy (non-hydrogen) atoms. The zero-order valence-electron chi connectivity index (χ0n) is 20.8. The fourth-order valence-corrected chi connectivity index (χ4v) is 4.87. The summed E-state index contributed by atoms with van der Waals surface area (Å²) in [5.74, 6) is 2.48. The van der Waals surface area contributed by atoms with E-state index in [-0.39, 0.29) is 11.8 Å². The molecule has 0 bridgehead atoms. The Hall–Kier alpha value is -4.06. The van der Waals surface area contributed by atoms with Crippen molar-refractivity contribution in [2.75, 3.05) is 25.2 Å². The van der Waals surface area contributed by atoms with Gasteiger partial charge in [0.05, 0.1) is 24.7 Å². The number of para-hydroxylation sites is 2. The van der Waals surface area contributed by atoms with Crippen LogP contribution in [0.1, 0.15) is 29.3 Å². The van der Waals surface area contributed by atoms with Gasteiger partial charge in [-0.1, -0.05) is 42.0 Å². The number of amides is 1. The maximum atomic E-state index is 13.0. The van der Waals surface area contributed by atoms with Crippen LogP contribution in [0.15, 0.2) is 79.4 Å². The number of benzene rings is 3. The predicted molar refractivity (Wildman–Crippen MR) is 143 cm³/mol. The molecule has 1 aliphatic rings. The summed E-state index contributed by atoms with van der Waals surface area (Å²) >= 11 is 0. The molecular formula is C30H31N3O3. The number of ether oxygens (including phenoxy) is 2. The van der Waals surface area contributed by atoms with E-state index in [1.807, 2.05) is 78.6 Å². The van der Waals surface area contributed by atoms with Crippen molar-refractivity contribution in [3.05, 3.63) is 96.3 Å². The van der Waals surface area contributed by atoms with Crippen LogP contribution in [0.4, 0.5) is 5.69 Å². The number of fused-ring (bicyclic) bond motifs is 1. The highest BCUT2D eigenvalue weighted by molar-refractivity contribution is 5.96. The molecule has 0 radical (unpaired) electrons. The van der Waals surface area contributed by atoms with Gasteiger partial charge in [0.1, 0.15) is 12.4 Å². The van der Waals surface area contributed by atoms with Gasteiger partial charge >= 0.3 is 0 Å². The second-order valence-electron chi connectivity index (χ2n) is 9.18. The van der Waals surface area contributed by atoms with E-state index in [0.717, 1.165) is 34.5 Å². The average molecular weight is 482 g/mol. The van der Waals surface area contributed by atoms with Crippen molar-refractivity contribution in [1.29, 1.82) is 0 Å². The number of aryl methyl sites for hydroxylation is 1. The third-order valence-corrected chi connectivity index (χ3v) is 6.70. The highest BCUT2D eigenvalue weighted by atomic mass is 16.5. The Morgan fingerprint density at radius 1 is 1.08 bits per heavy atom. The summed E-state index contributed by atoms with van der Waals surface area (Å²) < 4.78 is 13.9. The average Bonchev–Trinajstić information content (AvgIpc) is 3.46. The van der Waals surface area contributed by atoms with Crippen molar-refractivity contribution in [2.24, 2.45) is 0 Å². The van der Waals surface area contributed by atoms with Gasteiger partial charge in [-0.2, -0.15) is 0 Å². The van der Waals surface area contributed by atoms with Crippen molar-refractivity contribution in [3.8, 4) is 11.5 Å². The van der Waals surface area contributed by atoms with Crippen LogP contribution in [0.5, 0.6) is 11.5 Å². The van der Waals surface area contributed by atoms with Gasteiger partial charge in [-0.25, -0.2) is 4.98 Å². The second-order valence-corrected chi connectivity index (χ2v) is 9.18. The van der Waals surface area contributed by atoms with E-state index in [2.05, 4.69) is 17.2 Å². The number of allylic oxidation sites excluding steroid dienone is 1. The van der Waals surface area contributed by atoms with Gasteiger partial charge < -0.3 is 18.9 Å². The van der Waals surface area contributed by atoms with Crippen molar-refractivity contribution in [1.82, 2.24) is 9.55 Å². The molecule has 184 valence electrons. The normalized spacial score (nSPS) is 15.4. The molecule has 1 fully saturated rings. The van der Waals surface area contributed by atoms with E-state index in [9.17, 15) is 4.79 Å². The zero-order valence-corrected chi connectivity index (χ0v) is 20.8. The van der Waals surface area contributed by atoms with Gasteiger partial charge in [0.15, 0.2) is 11.5 Å². The van der Waals surface area contributed by atoms with E-state index in [4.69, 9.17) is 14.5 Å². The molecular weight excluding hydrogens is 450 g/mol. The summed E-state index contributed by atoms with van der Waals surface area (Å²) in [5, 5.41) is 0. The van der Waals surface area contributed by atoms with Gasteiger partial charge in [0.25, 0.3) is 0 Å². The summed E-state index contributed by atoms with van der Waals surface area (Å²) in [6.07, 6.45) is 3.09. The van der Waals surface area contributed by atoms with Crippen LogP contribution in [0, 0.1) is 6.92 Å². The molecule has 6 nitrogen and oxygen atoms in total. The Morgan fingerprint density at radius 3 is 2.67 bits per heavy atom. The number of imidazole rings is 1. The number of methoxy groups -OCH3 is 1. The molecule has 5 rings (SSSR count). The molecule has 0 N–H and O–H groups in total. The molecule has 1 saturated heterocycles. The summed E-state index contributed by atoms with van der Waals surface area (Å²) in [6, 6.07) is 22.2. The Morgan fingerprint density at radius 2 is 1.89 bits per heavy atom. The summed E-state index contributed by atoms with van der Waals surface area (Å²) in [4.78, 5) is 19.8. The number of anilines is 1. The van der Waals surface area contributed by atoms with Crippen LogP contribution in [0.3, 0.4) is 0 Å². The zero-order chi connectivity index (χ0) is 25.1. The SMILES string of the molecule is C=CCc1ccc(OCCn2c(C3CC(=O)N(c4ccc(C)cc4)C3)nc3ccccc32)c(OC)c1. The molecule has 1 aliphatic heterocycles. The number of hydrogen-bond acceptors (Lipinski definition) is 4. The Kier molecular flexibility index (Phi) is 6.76. The summed E-state index contributed by atoms with van der Waals surface area (Å²) in [7, 11) is 1.65. The van der Waals surface area contributed by atoms with Gasteiger partial charge in [-0.3, -0.25) is 4.79 Å². The van der Waals surface area contributed by atoms with E-state index in [1.165, 1.54) is 5.56 Å². The van der Waals surface area contributed by atoms with E-state index in [1.54, 1.807) is 7.11 Å². The van der Waals surface area contributed by atoms with Crippen LogP contribution in [-0.2, 0) is 17.8 Å². The smallest absolute Gasteiger partial charge is 0.227 e. The van der Waals surface area contributed by atoms with Gasteiger partial charge in [-0.15, -0.1) is 6.58 Å².